The van der Waals surface area contributed by atoms with Crippen molar-refractivity contribution in [2.45, 2.75) is 113 Å². The summed E-state index contributed by atoms with van der Waals surface area (Å²) in [5.41, 5.74) is 3.71. The zero-order valence-electron chi connectivity index (χ0n) is 38.2. The minimum Gasteiger partial charge on any atom is -0.459 e. The first-order valence-electron chi connectivity index (χ1n) is 24.0. The van der Waals surface area contributed by atoms with Gasteiger partial charge < -0.3 is 44.0 Å². The van der Waals surface area contributed by atoms with E-state index in [0.717, 1.165) is 78.0 Å². The third kappa shape index (κ3) is 12.1. The largest absolute Gasteiger partial charge is 0.459 e. The lowest BCUT2D eigenvalue weighted by Gasteiger charge is -2.60. The van der Waals surface area contributed by atoms with Gasteiger partial charge in [-0.2, -0.15) is 0 Å². The fourth-order valence-corrected chi connectivity index (χ4v) is 11.2. The average molecular weight is 911 g/mol. The first kappa shape index (κ1) is 48.8. The van der Waals surface area contributed by atoms with E-state index in [1.54, 1.807) is 17.8 Å². The molecule has 0 unspecified atom stereocenters. The highest BCUT2D eigenvalue weighted by Crippen LogP contribution is 2.62. The van der Waals surface area contributed by atoms with E-state index in [1.165, 1.54) is 12.8 Å². The number of unbranched alkanes of at least 4 members (excludes halogenated alkanes) is 2. The quantitative estimate of drug-likeness (QED) is 0.0309. The SMILES string of the molecule is C=CCO[C@@]12Oc3ccc(Oc4ccc(SC)cc4)cc3[C@H]3[C@H](CCCCO)[C@@H](CCCCO)C=C(C(=NOCc4ccccc4)C[C@@H]1N(CCOCCO)C(=O)CCC1CCCC1)[C@H]32. The second kappa shape index (κ2) is 24.6. The molecule has 1 amide bonds. The van der Waals surface area contributed by atoms with Crippen molar-refractivity contribution in [2.24, 2.45) is 28.8 Å². The third-order valence-electron chi connectivity index (χ3n) is 13.8. The number of aliphatic hydroxyl groups excluding tert-OH is 3. The van der Waals surface area contributed by atoms with Crippen LogP contribution in [0.3, 0.4) is 0 Å². The smallest absolute Gasteiger partial charge is 0.239 e. The van der Waals surface area contributed by atoms with Gasteiger partial charge in [0.05, 0.1) is 38.1 Å². The second-order valence-electron chi connectivity index (χ2n) is 17.9. The summed E-state index contributed by atoms with van der Waals surface area (Å²) in [7, 11) is 0. The molecular weight excluding hydrogens is 841 g/mol. The number of amides is 1. The van der Waals surface area contributed by atoms with Gasteiger partial charge in [0.1, 0.15) is 29.9 Å². The fourth-order valence-electron chi connectivity index (χ4n) is 10.8. The van der Waals surface area contributed by atoms with Gasteiger partial charge in [-0.25, -0.2) is 0 Å². The van der Waals surface area contributed by atoms with Gasteiger partial charge in [-0.05, 0) is 110 Å². The van der Waals surface area contributed by atoms with Gasteiger partial charge in [0, 0.05) is 49.0 Å². The Kier molecular flexibility index (Phi) is 18.4. The number of carbonyl (C=O) groups excluding carboxylic acids is 1. The number of oxime groups is 1. The molecule has 352 valence electrons. The summed E-state index contributed by atoms with van der Waals surface area (Å²) in [5.74, 6) is 0.763. The van der Waals surface area contributed by atoms with Crippen molar-refractivity contribution in [3.8, 4) is 17.2 Å². The molecule has 65 heavy (non-hydrogen) atoms. The molecule has 12 heteroatoms. The van der Waals surface area contributed by atoms with Gasteiger partial charge >= 0.3 is 0 Å². The number of benzene rings is 3. The Balaban J connectivity index is 1.40. The predicted molar refractivity (Wildman–Crippen MR) is 255 cm³/mol. The van der Waals surface area contributed by atoms with E-state index in [0.29, 0.717) is 43.1 Å². The lowest BCUT2D eigenvalue weighted by Crippen LogP contribution is -2.70. The lowest BCUT2D eigenvalue weighted by atomic mass is 9.55. The van der Waals surface area contributed by atoms with Crippen molar-refractivity contribution in [3.05, 3.63) is 108 Å². The van der Waals surface area contributed by atoms with Crippen LogP contribution in [0.5, 0.6) is 17.2 Å². The first-order chi connectivity index (χ1) is 31.9. The van der Waals surface area contributed by atoms with Crippen molar-refractivity contribution in [1.82, 2.24) is 4.90 Å². The molecule has 0 bridgehead atoms. The summed E-state index contributed by atoms with van der Waals surface area (Å²) in [6.45, 7) is 5.28. The van der Waals surface area contributed by atoms with E-state index >= 15 is 0 Å². The Morgan fingerprint density at radius 1 is 0.923 bits per heavy atom. The Morgan fingerprint density at radius 2 is 1.68 bits per heavy atom. The van der Waals surface area contributed by atoms with Gasteiger partial charge in [0.2, 0.25) is 11.7 Å². The summed E-state index contributed by atoms with van der Waals surface area (Å²) in [6.07, 6.45) is 17.0. The van der Waals surface area contributed by atoms with E-state index in [1.807, 2.05) is 59.5 Å². The van der Waals surface area contributed by atoms with E-state index in [-0.39, 0.29) is 76.5 Å². The topological polar surface area (TPSA) is 140 Å². The maximum atomic E-state index is 15.0. The lowest BCUT2D eigenvalue weighted by molar-refractivity contribution is -0.258. The fraction of sp³-hybridized carbons (Fsp3) is 0.547. The molecule has 6 atom stereocenters. The van der Waals surface area contributed by atoms with Crippen LogP contribution in [0, 0.1) is 23.7 Å². The van der Waals surface area contributed by atoms with Crippen molar-refractivity contribution in [1.29, 1.82) is 0 Å². The highest BCUT2D eigenvalue weighted by Gasteiger charge is 2.65. The molecule has 2 saturated carbocycles. The summed E-state index contributed by atoms with van der Waals surface area (Å²) < 4.78 is 27.1. The van der Waals surface area contributed by atoms with Crippen LogP contribution < -0.4 is 9.47 Å². The Hall–Kier alpha value is -4.17. The molecule has 3 aromatic carbocycles. The number of hydrogen-bond donors (Lipinski definition) is 3. The summed E-state index contributed by atoms with van der Waals surface area (Å²) in [5, 5.41) is 34.7. The van der Waals surface area contributed by atoms with Crippen LogP contribution in [-0.2, 0) is 25.7 Å². The molecule has 2 fully saturated rings. The van der Waals surface area contributed by atoms with Crippen molar-refractivity contribution in [2.75, 3.05) is 52.4 Å². The van der Waals surface area contributed by atoms with Gasteiger partial charge in [0.25, 0.3) is 0 Å². The van der Waals surface area contributed by atoms with Gasteiger partial charge in [-0.15, -0.1) is 18.3 Å². The highest BCUT2D eigenvalue weighted by atomic mass is 32.2. The molecule has 7 rings (SSSR count). The van der Waals surface area contributed by atoms with Gasteiger partial charge in [-0.3, -0.25) is 4.79 Å². The normalized spacial score (nSPS) is 24.2. The molecule has 3 aliphatic carbocycles. The number of ether oxygens (including phenoxy) is 4. The molecule has 1 heterocycles. The Morgan fingerprint density at radius 3 is 2.40 bits per heavy atom. The van der Waals surface area contributed by atoms with Gasteiger partial charge in [0.15, 0.2) is 0 Å². The minimum atomic E-state index is -1.38. The molecule has 4 aliphatic rings. The number of thioether (sulfide) groups is 1. The molecular formula is C53H70N2O9S. The van der Waals surface area contributed by atoms with Crippen molar-refractivity contribution < 1.29 is 43.9 Å². The number of allylic oxidation sites excluding steroid dienone is 1. The van der Waals surface area contributed by atoms with E-state index in [9.17, 15) is 20.1 Å². The molecule has 0 saturated heterocycles. The Bertz CT molecular complexity index is 2020. The van der Waals surface area contributed by atoms with Crippen LogP contribution in [-0.4, -0.2) is 96.1 Å². The van der Waals surface area contributed by atoms with Crippen molar-refractivity contribution >= 4 is 23.4 Å². The number of aliphatic hydroxyl groups is 3. The second-order valence-corrected chi connectivity index (χ2v) is 18.8. The van der Waals surface area contributed by atoms with Crippen LogP contribution in [0.2, 0.25) is 0 Å². The van der Waals surface area contributed by atoms with Crippen LogP contribution in [0.1, 0.15) is 101 Å². The van der Waals surface area contributed by atoms with Crippen molar-refractivity contribution in [3.63, 3.8) is 0 Å². The monoisotopic (exact) mass is 910 g/mol. The van der Waals surface area contributed by atoms with Crippen LogP contribution >= 0.6 is 11.8 Å². The first-order valence-corrected chi connectivity index (χ1v) is 25.2. The van der Waals surface area contributed by atoms with Crippen LogP contribution in [0.25, 0.3) is 0 Å². The minimum absolute atomic E-state index is 0.00688. The summed E-state index contributed by atoms with van der Waals surface area (Å²) in [4.78, 5) is 24.3. The molecule has 0 spiro atoms. The molecule has 1 aliphatic heterocycles. The number of nitrogens with zero attached hydrogens (tertiary/aromatic N) is 2. The van der Waals surface area contributed by atoms with E-state index in [4.69, 9.17) is 28.9 Å². The number of carbonyl (C=O) groups is 1. The highest BCUT2D eigenvalue weighted by molar-refractivity contribution is 7.98. The standard InChI is InChI=1S/C53H70N2O9S/c1-3-31-61-53-49(55(27-32-60-33-30-58)50(59)26-19-38-13-7-8-14-38)36-47(54-62-37-39-15-5-4-6-16-39)45-34-40(17-9-11-28-56)44(18-10-12-29-57)51(52(45)53)46-35-42(22-25-48(46)64-53)63-41-20-23-43(65-2)24-21-41/h3-6,15-16,20-25,34-35,38,40,44,49,51-52,56-58H,1,7-14,17-19,26-33,36-37H2,2H3/t40-,44+,49-,51+,52+,53+/m0/s1. The van der Waals surface area contributed by atoms with Crippen LogP contribution in [0.15, 0.2) is 107 Å². The zero-order valence-corrected chi connectivity index (χ0v) is 39.0. The van der Waals surface area contributed by atoms with E-state index in [2.05, 4.69) is 37.1 Å². The number of fused-ring (bicyclic) bond motifs is 2. The average Bonchev–Trinajstić information content (AvgIpc) is 3.86. The number of rotatable bonds is 26. The van der Waals surface area contributed by atoms with Gasteiger partial charge in [-0.1, -0.05) is 86.2 Å². The van der Waals surface area contributed by atoms with E-state index < -0.39 is 17.7 Å². The summed E-state index contributed by atoms with van der Waals surface area (Å²) in [6, 6.07) is 23.4. The molecule has 11 nitrogen and oxygen atoms in total. The summed E-state index contributed by atoms with van der Waals surface area (Å²) >= 11 is 1.68. The predicted octanol–water partition coefficient (Wildman–Crippen LogP) is 9.84. The molecule has 0 radical (unpaired) electrons. The Labute approximate surface area is 390 Å². The number of hydrogen-bond acceptors (Lipinski definition) is 11. The maximum Gasteiger partial charge on any atom is 0.239 e. The maximum absolute atomic E-state index is 15.0. The third-order valence-corrected chi connectivity index (χ3v) is 14.6. The van der Waals surface area contributed by atoms with Crippen LogP contribution in [0.4, 0.5) is 0 Å². The molecule has 3 aromatic rings. The molecule has 3 N–H and O–H groups in total. The zero-order chi connectivity index (χ0) is 45.4. The molecule has 0 aromatic heterocycles.